The Hall–Kier alpha value is -2.76. The Kier molecular flexibility index (Phi) is 5.41. The van der Waals surface area contributed by atoms with E-state index in [9.17, 15) is 14.0 Å². The summed E-state index contributed by atoms with van der Waals surface area (Å²) in [6.07, 6.45) is 1.11. The van der Waals surface area contributed by atoms with E-state index in [1.165, 1.54) is 6.07 Å². The number of hydrogen-bond acceptors (Lipinski definition) is 4. The molecule has 0 N–H and O–H groups in total. The van der Waals surface area contributed by atoms with E-state index in [1.807, 2.05) is 13.8 Å². The second-order valence-corrected chi connectivity index (χ2v) is 4.76. The molecule has 0 fully saturated rings. The molecular weight excluding hydrogens is 299 g/mol. The SMILES string of the molecule is CCN(CC)C(=O)c1ccc(OC(=O)c2ccc(F)nc2)cc1. The summed E-state index contributed by atoms with van der Waals surface area (Å²) in [5, 5.41) is 0. The van der Waals surface area contributed by atoms with Crippen molar-refractivity contribution in [2.45, 2.75) is 13.8 Å². The number of halogens is 1. The van der Waals surface area contributed by atoms with Crippen molar-refractivity contribution in [1.82, 2.24) is 9.88 Å². The van der Waals surface area contributed by atoms with Gasteiger partial charge < -0.3 is 9.64 Å². The molecule has 0 saturated heterocycles. The number of esters is 1. The van der Waals surface area contributed by atoms with E-state index in [0.717, 1.165) is 12.3 Å². The molecule has 0 saturated carbocycles. The van der Waals surface area contributed by atoms with E-state index in [0.29, 0.717) is 24.4 Å². The first-order chi connectivity index (χ1) is 11.0. The highest BCUT2D eigenvalue weighted by Crippen LogP contribution is 2.15. The van der Waals surface area contributed by atoms with Crippen LogP contribution in [0.3, 0.4) is 0 Å². The minimum atomic E-state index is -0.666. The molecule has 2 rings (SSSR count). The number of ether oxygens (including phenoxy) is 1. The van der Waals surface area contributed by atoms with Crippen molar-refractivity contribution in [1.29, 1.82) is 0 Å². The Bertz CT molecular complexity index is 680. The van der Waals surface area contributed by atoms with Crippen molar-refractivity contribution in [2.75, 3.05) is 13.1 Å². The zero-order chi connectivity index (χ0) is 16.8. The second kappa shape index (κ2) is 7.49. The van der Waals surface area contributed by atoms with Gasteiger partial charge in [0.05, 0.1) is 5.56 Å². The van der Waals surface area contributed by atoms with Gasteiger partial charge in [0.1, 0.15) is 5.75 Å². The minimum Gasteiger partial charge on any atom is -0.423 e. The second-order valence-electron chi connectivity index (χ2n) is 4.76. The lowest BCUT2D eigenvalue weighted by Crippen LogP contribution is -2.30. The van der Waals surface area contributed by atoms with Crippen molar-refractivity contribution in [3.05, 3.63) is 59.7 Å². The van der Waals surface area contributed by atoms with Crippen LogP contribution < -0.4 is 4.74 Å². The summed E-state index contributed by atoms with van der Waals surface area (Å²) in [4.78, 5) is 29.2. The topological polar surface area (TPSA) is 59.5 Å². The van der Waals surface area contributed by atoms with E-state index < -0.39 is 11.9 Å². The average Bonchev–Trinajstić information content (AvgIpc) is 2.57. The Morgan fingerprint density at radius 2 is 1.65 bits per heavy atom. The maximum Gasteiger partial charge on any atom is 0.345 e. The molecule has 2 aromatic rings. The van der Waals surface area contributed by atoms with Crippen LogP contribution >= 0.6 is 0 Å². The molecule has 1 aromatic heterocycles. The van der Waals surface area contributed by atoms with Gasteiger partial charge in [0, 0.05) is 24.8 Å². The molecule has 1 amide bonds. The molecular formula is C17H17FN2O3. The van der Waals surface area contributed by atoms with Crippen LogP contribution in [0.5, 0.6) is 5.75 Å². The Morgan fingerprint density at radius 1 is 1.04 bits per heavy atom. The van der Waals surface area contributed by atoms with E-state index in [2.05, 4.69) is 4.98 Å². The van der Waals surface area contributed by atoms with Crippen LogP contribution in [0.1, 0.15) is 34.6 Å². The molecule has 0 bridgehead atoms. The molecule has 120 valence electrons. The number of amides is 1. The predicted octanol–water partition coefficient (Wildman–Crippen LogP) is 2.92. The van der Waals surface area contributed by atoms with Crippen LogP contribution in [0.4, 0.5) is 4.39 Å². The third-order valence-electron chi connectivity index (χ3n) is 3.33. The van der Waals surface area contributed by atoms with Crippen LogP contribution in [0.25, 0.3) is 0 Å². The summed E-state index contributed by atoms with van der Waals surface area (Å²) in [6.45, 7) is 5.08. The van der Waals surface area contributed by atoms with Gasteiger partial charge in [0.2, 0.25) is 5.95 Å². The van der Waals surface area contributed by atoms with Crippen LogP contribution in [0, 0.1) is 5.95 Å². The summed E-state index contributed by atoms with van der Waals surface area (Å²) in [5.74, 6) is -1.08. The summed E-state index contributed by atoms with van der Waals surface area (Å²) in [6, 6.07) is 8.68. The van der Waals surface area contributed by atoms with Crippen LogP contribution in [0.2, 0.25) is 0 Å². The zero-order valence-corrected chi connectivity index (χ0v) is 13.0. The molecule has 1 heterocycles. The lowest BCUT2D eigenvalue weighted by Gasteiger charge is -2.18. The van der Waals surface area contributed by atoms with E-state index in [4.69, 9.17) is 4.74 Å². The highest BCUT2D eigenvalue weighted by Gasteiger charge is 2.13. The standard InChI is InChI=1S/C17H17FN2O3/c1-3-20(4-2)16(21)12-5-8-14(9-6-12)23-17(22)13-7-10-15(18)19-11-13/h5-11H,3-4H2,1-2H3. The molecule has 1 aromatic carbocycles. The van der Waals surface area contributed by atoms with Crippen molar-refractivity contribution in [3.63, 3.8) is 0 Å². The highest BCUT2D eigenvalue weighted by molar-refractivity contribution is 5.94. The van der Waals surface area contributed by atoms with Gasteiger partial charge >= 0.3 is 5.97 Å². The third-order valence-corrected chi connectivity index (χ3v) is 3.33. The Morgan fingerprint density at radius 3 is 2.17 bits per heavy atom. The maximum atomic E-state index is 12.7. The lowest BCUT2D eigenvalue weighted by atomic mass is 10.2. The smallest absolute Gasteiger partial charge is 0.345 e. The fourth-order valence-electron chi connectivity index (χ4n) is 2.02. The van der Waals surface area contributed by atoms with Gasteiger partial charge in [-0.15, -0.1) is 0 Å². The van der Waals surface area contributed by atoms with E-state index in [1.54, 1.807) is 29.2 Å². The number of hydrogen-bond donors (Lipinski definition) is 0. The van der Waals surface area contributed by atoms with Crippen LogP contribution in [0.15, 0.2) is 42.6 Å². The van der Waals surface area contributed by atoms with Crippen molar-refractivity contribution >= 4 is 11.9 Å². The van der Waals surface area contributed by atoms with Gasteiger partial charge in [0.25, 0.3) is 5.91 Å². The molecule has 0 aliphatic carbocycles. The normalized spacial score (nSPS) is 10.2. The van der Waals surface area contributed by atoms with Gasteiger partial charge in [-0.1, -0.05) is 0 Å². The van der Waals surface area contributed by atoms with Crippen molar-refractivity contribution in [2.24, 2.45) is 0 Å². The van der Waals surface area contributed by atoms with Crippen molar-refractivity contribution in [3.8, 4) is 5.75 Å². The number of rotatable bonds is 5. The molecule has 6 heteroatoms. The highest BCUT2D eigenvalue weighted by atomic mass is 19.1. The third kappa shape index (κ3) is 4.12. The first kappa shape index (κ1) is 16.6. The fraction of sp³-hybridized carbons (Fsp3) is 0.235. The predicted molar refractivity (Wildman–Crippen MR) is 82.8 cm³/mol. The number of carbonyl (C=O) groups excluding carboxylic acids is 2. The molecule has 0 aliphatic rings. The monoisotopic (exact) mass is 316 g/mol. The maximum absolute atomic E-state index is 12.7. The quantitative estimate of drug-likeness (QED) is 0.483. The molecule has 0 spiro atoms. The summed E-state index contributed by atoms with van der Waals surface area (Å²) in [5.41, 5.74) is 0.673. The molecule has 0 atom stereocenters. The molecule has 23 heavy (non-hydrogen) atoms. The number of benzene rings is 1. The fourth-order valence-corrected chi connectivity index (χ4v) is 2.02. The van der Waals surface area contributed by atoms with Crippen LogP contribution in [-0.4, -0.2) is 34.8 Å². The Labute approximate surface area is 133 Å². The summed E-state index contributed by atoms with van der Waals surface area (Å²) < 4.78 is 17.9. The largest absolute Gasteiger partial charge is 0.423 e. The summed E-state index contributed by atoms with van der Waals surface area (Å²) in [7, 11) is 0. The molecule has 0 unspecified atom stereocenters. The number of carbonyl (C=O) groups is 2. The van der Waals surface area contributed by atoms with Crippen LogP contribution in [-0.2, 0) is 0 Å². The van der Waals surface area contributed by atoms with E-state index >= 15 is 0 Å². The van der Waals surface area contributed by atoms with Gasteiger partial charge in [-0.2, -0.15) is 4.39 Å². The first-order valence-electron chi connectivity index (χ1n) is 7.28. The lowest BCUT2D eigenvalue weighted by molar-refractivity contribution is 0.0734. The van der Waals surface area contributed by atoms with Gasteiger partial charge in [-0.05, 0) is 50.2 Å². The molecule has 5 nitrogen and oxygen atoms in total. The number of pyridine rings is 1. The Balaban J connectivity index is 2.06. The molecule has 0 aliphatic heterocycles. The zero-order valence-electron chi connectivity index (χ0n) is 13.0. The van der Waals surface area contributed by atoms with Gasteiger partial charge in [0.15, 0.2) is 0 Å². The van der Waals surface area contributed by atoms with Gasteiger partial charge in [-0.25, -0.2) is 9.78 Å². The molecule has 0 radical (unpaired) electrons. The minimum absolute atomic E-state index is 0.0735. The van der Waals surface area contributed by atoms with E-state index in [-0.39, 0.29) is 11.5 Å². The average molecular weight is 316 g/mol. The summed E-state index contributed by atoms with van der Waals surface area (Å²) >= 11 is 0. The van der Waals surface area contributed by atoms with Gasteiger partial charge in [-0.3, -0.25) is 4.79 Å². The van der Waals surface area contributed by atoms with Crippen molar-refractivity contribution < 1.29 is 18.7 Å². The number of aromatic nitrogens is 1. The number of nitrogens with zero attached hydrogens (tertiary/aromatic N) is 2. The first-order valence-corrected chi connectivity index (χ1v) is 7.28.